The molecule has 6 nitrogen and oxygen atoms in total. The Morgan fingerprint density at radius 2 is 2.16 bits per heavy atom. The van der Waals surface area contributed by atoms with E-state index < -0.39 is 0 Å². The van der Waals surface area contributed by atoms with Gasteiger partial charge < -0.3 is 14.2 Å². The van der Waals surface area contributed by atoms with Gasteiger partial charge in [-0.3, -0.25) is 4.79 Å². The Bertz CT molecular complexity index is 761. The van der Waals surface area contributed by atoms with Crippen molar-refractivity contribution >= 4 is 17.2 Å². The summed E-state index contributed by atoms with van der Waals surface area (Å²) >= 11 is 1.58. The molecule has 0 spiro atoms. The third-order valence-corrected chi connectivity index (χ3v) is 6.11. The Hall–Kier alpha value is -1.73. The van der Waals surface area contributed by atoms with Crippen molar-refractivity contribution in [2.45, 2.75) is 51.7 Å². The summed E-state index contributed by atoms with van der Waals surface area (Å²) in [7, 11) is 0. The minimum Gasteiger partial charge on any atom is -0.373 e. The summed E-state index contributed by atoms with van der Waals surface area (Å²) in [5, 5.41) is 8.63. The molecule has 25 heavy (non-hydrogen) atoms. The van der Waals surface area contributed by atoms with Crippen LogP contribution in [0, 0.1) is 0 Å². The molecule has 0 bridgehead atoms. The van der Waals surface area contributed by atoms with Gasteiger partial charge in [0.15, 0.2) is 0 Å². The van der Waals surface area contributed by atoms with Gasteiger partial charge in [0, 0.05) is 43.5 Å². The molecule has 2 aromatic heterocycles. The van der Waals surface area contributed by atoms with Crippen LogP contribution in [0.3, 0.4) is 0 Å². The van der Waals surface area contributed by atoms with Crippen LogP contribution >= 0.6 is 11.3 Å². The number of hydrogen-bond acceptors (Lipinski definition) is 5. The number of carbonyl (C=O) groups excluding carboxylic acids is 1. The third-order valence-electron chi connectivity index (χ3n) is 4.94. The van der Waals surface area contributed by atoms with Crippen LogP contribution in [0.1, 0.15) is 64.9 Å². The number of aromatic nitrogens is 3. The van der Waals surface area contributed by atoms with E-state index in [9.17, 15) is 4.79 Å². The second kappa shape index (κ2) is 6.88. The maximum atomic E-state index is 12.9. The number of nitrogens with zero attached hydrogens (tertiary/aromatic N) is 4. The number of rotatable bonds is 3. The van der Waals surface area contributed by atoms with Gasteiger partial charge in [0.1, 0.15) is 11.6 Å². The topological polar surface area (TPSA) is 60.2 Å². The first-order valence-corrected chi connectivity index (χ1v) is 9.87. The van der Waals surface area contributed by atoms with Crippen LogP contribution in [-0.4, -0.2) is 45.3 Å². The van der Waals surface area contributed by atoms with Crippen LogP contribution in [-0.2, 0) is 17.7 Å². The monoisotopic (exact) mass is 360 g/mol. The van der Waals surface area contributed by atoms with Gasteiger partial charge in [-0.25, -0.2) is 0 Å². The first kappa shape index (κ1) is 16.7. The molecule has 1 atom stereocenters. The Morgan fingerprint density at radius 3 is 2.92 bits per heavy atom. The van der Waals surface area contributed by atoms with Gasteiger partial charge in [-0.2, -0.15) is 0 Å². The van der Waals surface area contributed by atoms with E-state index in [4.69, 9.17) is 4.74 Å². The van der Waals surface area contributed by atoms with E-state index in [-0.39, 0.29) is 12.0 Å². The molecular weight excluding hydrogens is 336 g/mol. The third kappa shape index (κ3) is 3.22. The molecule has 0 unspecified atom stereocenters. The minimum atomic E-state index is 0.124. The normalized spacial score (nSPS) is 20.8. The summed E-state index contributed by atoms with van der Waals surface area (Å²) in [6, 6.07) is 4.01. The summed E-state index contributed by atoms with van der Waals surface area (Å²) in [5.41, 5.74) is 0. The maximum Gasteiger partial charge on any atom is 0.264 e. The van der Waals surface area contributed by atoms with E-state index in [0.717, 1.165) is 48.9 Å². The largest absolute Gasteiger partial charge is 0.373 e. The molecule has 0 aliphatic carbocycles. The van der Waals surface area contributed by atoms with Crippen LogP contribution in [0.5, 0.6) is 0 Å². The van der Waals surface area contributed by atoms with Crippen LogP contribution < -0.4 is 0 Å². The van der Waals surface area contributed by atoms with Crippen molar-refractivity contribution in [3.63, 3.8) is 0 Å². The molecule has 2 aromatic rings. The fourth-order valence-corrected chi connectivity index (χ4v) is 4.63. The zero-order chi connectivity index (χ0) is 17.4. The lowest BCUT2D eigenvalue weighted by molar-refractivity contribution is 0.0763. The zero-order valence-electron chi connectivity index (χ0n) is 14.8. The molecule has 7 heteroatoms. The fourth-order valence-electron chi connectivity index (χ4n) is 3.57. The molecule has 1 saturated heterocycles. The van der Waals surface area contributed by atoms with Gasteiger partial charge in [-0.15, -0.1) is 21.5 Å². The summed E-state index contributed by atoms with van der Waals surface area (Å²) in [4.78, 5) is 16.9. The molecule has 1 amide bonds. The van der Waals surface area contributed by atoms with Gasteiger partial charge in [-0.1, -0.05) is 13.8 Å². The average Bonchev–Trinajstić information content (AvgIpc) is 3.32. The van der Waals surface area contributed by atoms with Crippen molar-refractivity contribution < 1.29 is 9.53 Å². The molecule has 4 rings (SSSR count). The first-order valence-electron chi connectivity index (χ1n) is 9.06. The van der Waals surface area contributed by atoms with Crippen molar-refractivity contribution in [3.05, 3.63) is 33.5 Å². The van der Waals surface area contributed by atoms with Crippen LogP contribution in [0.2, 0.25) is 0 Å². The molecule has 1 fully saturated rings. The molecule has 0 saturated carbocycles. The van der Waals surface area contributed by atoms with Crippen LogP contribution in [0.15, 0.2) is 12.1 Å². The highest BCUT2D eigenvalue weighted by Gasteiger charge is 2.26. The molecular formula is C18H24N4O2S. The first-order chi connectivity index (χ1) is 12.1. The number of thiophene rings is 1. The van der Waals surface area contributed by atoms with E-state index in [1.165, 1.54) is 4.88 Å². The Balaban J connectivity index is 1.47. The summed E-state index contributed by atoms with van der Waals surface area (Å²) in [6.45, 7) is 7.26. The van der Waals surface area contributed by atoms with Crippen molar-refractivity contribution in [3.8, 4) is 0 Å². The van der Waals surface area contributed by atoms with Crippen molar-refractivity contribution in [2.24, 2.45) is 0 Å². The number of fused-ring (bicyclic) bond motifs is 1. The lowest BCUT2D eigenvalue weighted by atomic mass is 10.2. The molecule has 4 heterocycles. The molecule has 2 aliphatic rings. The lowest BCUT2D eigenvalue weighted by Crippen LogP contribution is -2.33. The molecule has 2 aliphatic heterocycles. The second-order valence-corrected chi connectivity index (χ2v) is 8.14. The van der Waals surface area contributed by atoms with Crippen LogP contribution in [0.25, 0.3) is 0 Å². The minimum absolute atomic E-state index is 0.124. The van der Waals surface area contributed by atoms with Gasteiger partial charge in [-0.05, 0) is 25.0 Å². The van der Waals surface area contributed by atoms with E-state index in [1.807, 2.05) is 11.0 Å². The maximum absolute atomic E-state index is 12.9. The molecule has 134 valence electrons. The highest BCUT2D eigenvalue weighted by molar-refractivity contribution is 7.14. The molecule has 0 N–H and O–H groups in total. The zero-order valence-corrected chi connectivity index (χ0v) is 15.6. The molecule has 0 aromatic carbocycles. The van der Waals surface area contributed by atoms with Crippen molar-refractivity contribution in [1.82, 2.24) is 19.7 Å². The number of ether oxygens (including phenoxy) is 1. The van der Waals surface area contributed by atoms with Crippen molar-refractivity contribution in [2.75, 3.05) is 19.7 Å². The van der Waals surface area contributed by atoms with Gasteiger partial charge in [0.25, 0.3) is 5.91 Å². The van der Waals surface area contributed by atoms with Gasteiger partial charge in [0.05, 0.1) is 11.0 Å². The van der Waals surface area contributed by atoms with E-state index >= 15 is 0 Å². The summed E-state index contributed by atoms with van der Waals surface area (Å²) in [6.07, 6.45) is 3.11. The van der Waals surface area contributed by atoms with E-state index in [2.05, 4.69) is 34.7 Å². The van der Waals surface area contributed by atoms with E-state index in [0.29, 0.717) is 19.0 Å². The highest BCUT2D eigenvalue weighted by Crippen LogP contribution is 2.33. The molecule has 0 radical (unpaired) electrons. The van der Waals surface area contributed by atoms with Crippen molar-refractivity contribution in [1.29, 1.82) is 0 Å². The summed E-state index contributed by atoms with van der Waals surface area (Å²) in [5.74, 6) is 2.47. The van der Waals surface area contributed by atoms with Crippen LogP contribution in [0.4, 0.5) is 0 Å². The average molecular weight is 360 g/mol. The number of carbonyl (C=O) groups is 1. The van der Waals surface area contributed by atoms with Gasteiger partial charge in [0.2, 0.25) is 0 Å². The highest BCUT2D eigenvalue weighted by atomic mass is 32.1. The quantitative estimate of drug-likeness (QED) is 0.844. The Morgan fingerprint density at radius 1 is 1.28 bits per heavy atom. The lowest BCUT2D eigenvalue weighted by Gasteiger charge is -2.19. The predicted molar refractivity (Wildman–Crippen MR) is 96.0 cm³/mol. The second-order valence-electron chi connectivity index (χ2n) is 7.03. The van der Waals surface area contributed by atoms with Gasteiger partial charge >= 0.3 is 0 Å². The number of hydrogen-bond donors (Lipinski definition) is 0. The SMILES string of the molecule is CC(C)c1nnc2n1CCN(C(=O)c1ccc([C@H]3CCCO3)s1)CC2. The smallest absolute Gasteiger partial charge is 0.264 e. The predicted octanol–water partition coefficient (Wildman–Crippen LogP) is 3.01. The fraction of sp³-hybridized carbons (Fsp3) is 0.611. The number of amides is 1. The Kier molecular flexibility index (Phi) is 4.60. The standard InChI is InChI=1S/C18H24N4O2S/c1-12(2)17-20-19-16-7-8-21(9-10-22(16)17)18(23)15-6-5-14(25-15)13-4-3-11-24-13/h5-6,12-13H,3-4,7-11H2,1-2H3/t13-/m1/s1. The summed E-state index contributed by atoms with van der Waals surface area (Å²) < 4.78 is 7.92. The van der Waals surface area contributed by atoms with E-state index in [1.54, 1.807) is 11.3 Å². The Labute approximate surface area is 151 Å².